The summed E-state index contributed by atoms with van der Waals surface area (Å²) in [6, 6.07) is 10.7. The monoisotopic (exact) mass is 424 g/mol. The second kappa shape index (κ2) is 10.2. The molecule has 26 heavy (non-hydrogen) atoms. The Labute approximate surface area is 169 Å². The summed E-state index contributed by atoms with van der Waals surface area (Å²) < 4.78 is 23.2. The molecule has 1 aromatic rings. The van der Waals surface area contributed by atoms with Gasteiger partial charge in [0.25, 0.3) is 0 Å². The zero-order valence-electron chi connectivity index (χ0n) is 15.2. The van der Waals surface area contributed by atoms with Gasteiger partial charge in [0.2, 0.25) is 0 Å². The molecule has 2 heterocycles. The van der Waals surface area contributed by atoms with Crippen molar-refractivity contribution in [3.05, 3.63) is 35.9 Å². The number of aliphatic hydroxyl groups is 1. The average Bonchev–Trinajstić information content (AvgIpc) is 2.61. The van der Waals surface area contributed by atoms with Crippen molar-refractivity contribution in [2.24, 2.45) is 0 Å². The lowest BCUT2D eigenvalue weighted by molar-refractivity contribution is -0.968. The average molecular weight is 425 g/mol. The van der Waals surface area contributed by atoms with Gasteiger partial charge in [-0.05, 0) is 12.5 Å². The number of quaternary nitrogens is 2. The third kappa shape index (κ3) is 5.81. The van der Waals surface area contributed by atoms with Crippen LogP contribution in [-0.2, 0) is 9.84 Å². The van der Waals surface area contributed by atoms with Crippen LogP contribution in [0.5, 0.6) is 0 Å². The minimum absolute atomic E-state index is 0. The molecule has 8 heteroatoms. The van der Waals surface area contributed by atoms with E-state index >= 15 is 0 Å². The largest absolute Gasteiger partial charge is 1.00 e. The zero-order chi connectivity index (χ0) is 17.2. The van der Waals surface area contributed by atoms with Gasteiger partial charge in [-0.1, -0.05) is 30.3 Å². The number of hydrogen-bond donors (Lipinski definition) is 3. The Hall–Kier alpha value is -0.370. The quantitative estimate of drug-likeness (QED) is 0.449. The molecule has 0 saturated carbocycles. The maximum Gasteiger partial charge on any atom is 0.161 e. The standard InChI is InChI=1S/C18H28N2O3S.2ClH/c1-15(18(21)16-5-3-2-4-6-16)19-9-7-17(8-10-19)20-11-13-24(22,23)14-12-20;;/h2-6,15,17-18,21H,7-14H2,1H3;2*1H. The summed E-state index contributed by atoms with van der Waals surface area (Å²) in [4.78, 5) is 2.94. The van der Waals surface area contributed by atoms with Gasteiger partial charge in [0, 0.05) is 12.8 Å². The number of aliphatic hydroxyl groups excluding tert-OH is 1. The number of hydrogen-bond acceptors (Lipinski definition) is 3. The number of sulfone groups is 1. The van der Waals surface area contributed by atoms with Gasteiger partial charge >= 0.3 is 0 Å². The fourth-order valence-corrected chi connectivity index (χ4v) is 5.57. The molecule has 0 aliphatic carbocycles. The second-order valence-corrected chi connectivity index (χ2v) is 9.69. The molecule has 0 amide bonds. The van der Waals surface area contributed by atoms with Crippen LogP contribution in [0.3, 0.4) is 0 Å². The smallest absolute Gasteiger partial charge is 0.161 e. The van der Waals surface area contributed by atoms with E-state index in [1.54, 1.807) is 0 Å². The summed E-state index contributed by atoms with van der Waals surface area (Å²) in [5, 5.41) is 10.6. The normalized spacial score (nSPS) is 28.2. The highest BCUT2D eigenvalue weighted by atomic mass is 35.5. The van der Waals surface area contributed by atoms with Gasteiger partial charge < -0.3 is 39.7 Å². The SMILES string of the molecule is CC(C(O)c1ccccc1)[NH+]1CCC([NH+]2CCS(=O)(=O)CC2)CC1.[Cl-].[Cl-]. The Kier molecular flexibility index (Phi) is 9.33. The van der Waals surface area contributed by atoms with Crippen LogP contribution in [0.4, 0.5) is 0 Å². The maximum atomic E-state index is 11.6. The fourth-order valence-electron chi connectivity index (χ4n) is 4.22. The molecule has 0 aromatic heterocycles. The fraction of sp³-hybridized carbons (Fsp3) is 0.667. The van der Waals surface area contributed by atoms with E-state index in [9.17, 15) is 13.5 Å². The number of rotatable bonds is 4. The van der Waals surface area contributed by atoms with Gasteiger partial charge in [-0.25, -0.2) is 8.42 Å². The highest BCUT2D eigenvalue weighted by molar-refractivity contribution is 7.91. The van der Waals surface area contributed by atoms with Crippen molar-refractivity contribution in [1.29, 1.82) is 0 Å². The Morgan fingerprint density at radius 2 is 1.54 bits per heavy atom. The maximum absolute atomic E-state index is 11.6. The molecule has 2 aliphatic heterocycles. The lowest BCUT2D eigenvalue weighted by Crippen LogP contribution is -3.23. The third-order valence-corrected chi connectivity index (χ3v) is 7.58. The van der Waals surface area contributed by atoms with Crippen molar-refractivity contribution in [2.75, 3.05) is 37.7 Å². The van der Waals surface area contributed by atoms with Crippen molar-refractivity contribution in [3.8, 4) is 0 Å². The molecule has 150 valence electrons. The van der Waals surface area contributed by atoms with Gasteiger partial charge in [-0.15, -0.1) is 0 Å². The van der Waals surface area contributed by atoms with Gasteiger partial charge in [-0.2, -0.15) is 0 Å². The van der Waals surface area contributed by atoms with Gasteiger partial charge in [0.05, 0.1) is 43.7 Å². The van der Waals surface area contributed by atoms with Crippen molar-refractivity contribution in [3.63, 3.8) is 0 Å². The minimum atomic E-state index is -2.78. The second-order valence-electron chi connectivity index (χ2n) is 7.39. The lowest BCUT2D eigenvalue weighted by Gasteiger charge is -2.38. The van der Waals surface area contributed by atoms with E-state index in [1.165, 1.54) is 9.80 Å². The van der Waals surface area contributed by atoms with Crippen LogP contribution in [0.15, 0.2) is 30.3 Å². The Bertz CT molecular complexity index is 623. The highest BCUT2D eigenvalue weighted by Crippen LogP contribution is 2.15. The molecule has 2 unspecified atom stereocenters. The molecule has 2 atom stereocenters. The molecule has 2 aliphatic rings. The summed E-state index contributed by atoms with van der Waals surface area (Å²) >= 11 is 0. The number of piperidine rings is 1. The number of nitrogens with one attached hydrogen (secondary N) is 2. The van der Waals surface area contributed by atoms with Crippen molar-refractivity contribution < 1.29 is 48.1 Å². The van der Waals surface area contributed by atoms with Gasteiger partial charge in [0.1, 0.15) is 12.1 Å². The van der Waals surface area contributed by atoms with Crippen LogP contribution in [-0.4, -0.2) is 63.3 Å². The Morgan fingerprint density at radius 3 is 2.08 bits per heavy atom. The molecule has 3 N–H and O–H groups in total. The summed E-state index contributed by atoms with van der Waals surface area (Å²) in [5.41, 5.74) is 0.992. The van der Waals surface area contributed by atoms with E-state index in [-0.39, 0.29) is 30.9 Å². The highest BCUT2D eigenvalue weighted by Gasteiger charge is 2.36. The van der Waals surface area contributed by atoms with E-state index in [4.69, 9.17) is 0 Å². The predicted octanol–water partition coefficient (Wildman–Crippen LogP) is -7.52. The Morgan fingerprint density at radius 1 is 1.00 bits per heavy atom. The Balaban J connectivity index is 0.00000169. The van der Waals surface area contributed by atoms with Crippen LogP contribution < -0.4 is 34.6 Å². The van der Waals surface area contributed by atoms with E-state index in [0.717, 1.165) is 44.6 Å². The molecule has 1 aromatic carbocycles. The molecule has 2 saturated heterocycles. The van der Waals surface area contributed by atoms with E-state index in [1.807, 2.05) is 30.3 Å². The zero-order valence-corrected chi connectivity index (χ0v) is 17.5. The molecule has 0 bridgehead atoms. The van der Waals surface area contributed by atoms with Crippen LogP contribution in [0.25, 0.3) is 0 Å². The first-order valence-electron chi connectivity index (χ1n) is 9.09. The molecule has 5 nitrogen and oxygen atoms in total. The number of halogens is 2. The number of benzene rings is 1. The van der Waals surface area contributed by atoms with Crippen molar-refractivity contribution >= 4 is 9.84 Å². The summed E-state index contributed by atoms with van der Waals surface area (Å²) in [6.07, 6.45) is 1.82. The molecular weight excluding hydrogens is 395 g/mol. The van der Waals surface area contributed by atoms with E-state index in [2.05, 4.69) is 6.92 Å². The molecule has 3 rings (SSSR count). The molecule has 0 radical (unpaired) electrons. The van der Waals surface area contributed by atoms with Crippen molar-refractivity contribution in [2.45, 2.75) is 38.0 Å². The van der Waals surface area contributed by atoms with Gasteiger partial charge in [0.15, 0.2) is 9.84 Å². The summed E-state index contributed by atoms with van der Waals surface area (Å²) in [7, 11) is -2.78. The van der Waals surface area contributed by atoms with Crippen LogP contribution in [0.2, 0.25) is 0 Å². The summed E-state index contributed by atoms with van der Waals surface area (Å²) in [5.74, 6) is 0.692. The van der Waals surface area contributed by atoms with Crippen LogP contribution in [0.1, 0.15) is 31.4 Å². The number of likely N-dealkylation sites (tertiary alicyclic amines) is 1. The molecule has 2 fully saturated rings. The predicted molar refractivity (Wildman–Crippen MR) is 93.9 cm³/mol. The molecular formula is C18H30Cl2N2O3S. The minimum Gasteiger partial charge on any atom is -1.00 e. The molecule has 0 spiro atoms. The first-order chi connectivity index (χ1) is 11.5. The van der Waals surface area contributed by atoms with Gasteiger partial charge in [-0.3, -0.25) is 0 Å². The lowest BCUT2D eigenvalue weighted by atomic mass is 9.97. The van der Waals surface area contributed by atoms with Crippen LogP contribution >= 0.6 is 0 Å². The van der Waals surface area contributed by atoms with Crippen LogP contribution in [0, 0.1) is 0 Å². The van der Waals surface area contributed by atoms with E-state index in [0.29, 0.717) is 17.5 Å². The third-order valence-electron chi connectivity index (χ3n) is 5.93. The first-order valence-corrected chi connectivity index (χ1v) is 10.9. The van der Waals surface area contributed by atoms with E-state index < -0.39 is 15.9 Å². The first kappa shape index (κ1) is 23.7. The topological polar surface area (TPSA) is 63.3 Å². The van der Waals surface area contributed by atoms with Crippen molar-refractivity contribution in [1.82, 2.24) is 0 Å². The summed E-state index contributed by atoms with van der Waals surface area (Å²) in [6.45, 7) is 5.79.